The van der Waals surface area contributed by atoms with Gasteiger partial charge in [0.2, 0.25) is 0 Å². The quantitative estimate of drug-likeness (QED) is 0.441. The van der Waals surface area contributed by atoms with E-state index in [1.165, 1.54) is 12.1 Å². The molecule has 0 aliphatic heterocycles. The van der Waals surface area contributed by atoms with E-state index in [0.717, 1.165) is 5.56 Å². The van der Waals surface area contributed by atoms with E-state index in [4.69, 9.17) is 25.0 Å². The molecule has 5 N–H and O–H groups in total. The number of carboxylic acid groups (broad SMARTS) is 2. The molecule has 1 aromatic carbocycles. The van der Waals surface area contributed by atoms with Crippen molar-refractivity contribution in [2.45, 2.75) is 24.0 Å². The van der Waals surface area contributed by atoms with Gasteiger partial charge in [-0.15, -0.1) is 0 Å². The lowest BCUT2D eigenvalue weighted by Gasteiger charge is -2.07. The number of rotatable bonds is 4. The smallest absolute Gasteiger partial charge is 0.335 e. The molecule has 0 saturated carbocycles. The van der Waals surface area contributed by atoms with Gasteiger partial charge in [-0.1, -0.05) is 17.7 Å². The van der Waals surface area contributed by atoms with Crippen molar-refractivity contribution in [3.8, 4) is 0 Å². The highest BCUT2D eigenvalue weighted by atomic mass is 32.2. The Balaban J connectivity index is 0.000000384. The minimum Gasteiger partial charge on any atom is -0.479 e. The highest BCUT2D eigenvalue weighted by Gasteiger charge is 2.29. The average molecular weight is 322 g/mol. The predicted octanol–water partition coefficient (Wildman–Crippen LogP) is -0.881. The van der Waals surface area contributed by atoms with Gasteiger partial charge in [-0.25, -0.2) is 9.59 Å². The molecule has 0 aliphatic carbocycles. The van der Waals surface area contributed by atoms with Crippen LogP contribution in [0.1, 0.15) is 5.56 Å². The molecule has 0 saturated heterocycles. The first-order valence-electron chi connectivity index (χ1n) is 5.32. The molecule has 0 aliphatic rings. The van der Waals surface area contributed by atoms with Crippen molar-refractivity contribution in [1.29, 1.82) is 0 Å². The minimum absolute atomic E-state index is 0.0666. The molecule has 0 amide bonds. The first kappa shape index (κ1) is 19.0. The van der Waals surface area contributed by atoms with Crippen LogP contribution in [0, 0.1) is 6.92 Å². The summed E-state index contributed by atoms with van der Waals surface area (Å²) >= 11 is 0. The summed E-state index contributed by atoms with van der Waals surface area (Å²) in [6, 6.07) is 5.99. The zero-order valence-corrected chi connectivity index (χ0v) is 11.6. The van der Waals surface area contributed by atoms with Gasteiger partial charge in [0.05, 0.1) is 4.90 Å². The summed E-state index contributed by atoms with van der Waals surface area (Å²) in [7, 11) is -4.02. The molecule has 2 atom stereocenters. The molecule has 0 aromatic heterocycles. The predicted molar refractivity (Wildman–Crippen MR) is 68.3 cm³/mol. The molecule has 0 spiro atoms. The summed E-state index contributed by atoms with van der Waals surface area (Å²) in [6.07, 6.45) is -4.53. The molecule has 2 unspecified atom stereocenters. The van der Waals surface area contributed by atoms with Crippen LogP contribution >= 0.6 is 0 Å². The van der Waals surface area contributed by atoms with Crippen molar-refractivity contribution in [3.05, 3.63) is 29.8 Å². The number of aliphatic carboxylic acids is 2. The van der Waals surface area contributed by atoms with Crippen molar-refractivity contribution < 1.29 is 43.0 Å². The van der Waals surface area contributed by atoms with Crippen LogP contribution in [0.15, 0.2) is 29.2 Å². The number of aliphatic hydroxyl groups excluding tert-OH is 2. The Labute approximate surface area is 119 Å². The number of hydrogen-bond donors (Lipinski definition) is 5. The maximum absolute atomic E-state index is 10.5. The van der Waals surface area contributed by atoms with Gasteiger partial charge in [-0.05, 0) is 19.1 Å². The summed E-state index contributed by atoms with van der Waals surface area (Å²) < 4.78 is 29.6. The second-order valence-electron chi connectivity index (χ2n) is 3.85. The van der Waals surface area contributed by atoms with E-state index in [-0.39, 0.29) is 4.90 Å². The monoisotopic (exact) mass is 322 g/mol. The number of aliphatic hydroxyl groups is 2. The van der Waals surface area contributed by atoms with Crippen LogP contribution in [-0.4, -0.2) is 57.5 Å². The summed E-state index contributed by atoms with van der Waals surface area (Å²) in [5.41, 5.74) is 0.956. The minimum atomic E-state index is -4.02. The fourth-order valence-corrected chi connectivity index (χ4v) is 1.46. The summed E-state index contributed by atoms with van der Waals surface area (Å²) in [5.74, 6) is -3.54. The van der Waals surface area contributed by atoms with Gasteiger partial charge in [-0.2, -0.15) is 8.42 Å². The van der Waals surface area contributed by atoms with Crippen molar-refractivity contribution in [1.82, 2.24) is 0 Å². The molecular formula is C11H14O9S. The molecular weight excluding hydrogens is 308 g/mol. The zero-order valence-electron chi connectivity index (χ0n) is 10.7. The lowest BCUT2D eigenvalue weighted by Crippen LogP contribution is -2.39. The molecule has 10 heteroatoms. The Kier molecular flexibility index (Phi) is 6.95. The van der Waals surface area contributed by atoms with Gasteiger partial charge in [0.25, 0.3) is 10.1 Å². The third kappa shape index (κ3) is 6.81. The van der Waals surface area contributed by atoms with Gasteiger partial charge in [0, 0.05) is 0 Å². The van der Waals surface area contributed by atoms with Crippen molar-refractivity contribution in [3.63, 3.8) is 0 Å². The standard InChI is InChI=1S/C7H8O3S.C4H6O6/c1-6-2-4-7(5-3-6)11(8,9)10;5-1(3(7)8)2(6)4(9)10/h2-5H,1H3,(H,8,9,10);1-2,5-6H,(H,7,8)(H,9,10). The van der Waals surface area contributed by atoms with Gasteiger partial charge < -0.3 is 20.4 Å². The van der Waals surface area contributed by atoms with Crippen LogP contribution in [0.5, 0.6) is 0 Å². The van der Waals surface area contributed by atoms with E-state index >= 15 is 0 Å². The van der Waals surface area contributed by atoms with E-state index in [1.807, 2.05) is 6.92 Å². The lowest BCUT2D eigenvalue weighted by molar-refractivity contribution is -0.165. The molecule has 0 bridgehead atoms. The number of carboxylic acids is 2. The van der Waals surface area contributed by atoms with Crippen LogP contribution < -0.4 is 0 Å². The second kappa shape index (κ2) is 7.69. The number of benzene rings is 1. The fourth-order valence-electron chi connectivity index (χ4n) is 0.980. The molecule has 0 radical (unpaired) electrons. The van der Waals surface area contributed by atoms with Crippen LogP contribution in [0.25, 0.3) is 0 Å². The third-order valence-corrected chi connectivity index (χ3v) is 2.99. The Morgan fingerprint density at radius 3 is 1.52 bits per heavy atom. The summed E-state index contributed by atoms with van der Waals surface area (Å²) in [4.78, 5) is 19.5. The van der Waals surface area contributed by atoms with E-state index in [1.54, 1.807) is 12.1 Å². The SMILES string of the molecule is Cc1ccc(S(=O)(=O)O)cc1.O=C(O)C(O)C(O)C(=O)O. The van der Waals surface area contributed by atoms with E-state index in [9.17, 15) is 18.0 Å². The van der Waals surface area contributed by atoms with Crippen molar-refractivity contribution >= 4 is 22.1 Å². The average Bonchev–Trinajstić information content (AvgIpc) is 2.36. The molecule has 21 heavy (non-hydrogen) atoms. The van der Waals surface area contributed by atoms with Gasteiger partial charge in [0.1, 0.15) is 0 Å². The maximum Gasteiger partial charge on any atom is 0.335 e. The van der Waals surface area contributed by atoms with Crippen LogP contribution in [-0.2, 0) is 19.7 Å². The normalized spacial score (nSPS) is 13.5. The topological polar surface area (TPSA) is 169 Å². The number of carbonyl (C=O) groups is 2. The van der Waals surface area contributed by atoms with E-state index in [0.29, 0.717) is 0 Å². The first-order chi connectivity index (χ1) is 9.46. The third-order valence-electron chi connectivity index (χ3n) is 2.12. The molecule has 1 rings (SSSR count). The van der Waals surface area contributed by atoms with Gasteiger partial charge in [-0.3, -0.25) is 4.55 Å². The van der Waals surface area contributed by atoms with E-state index in [2.05, 4.69) is 0 Å². The number of aryl methyl sites for hydroxylation is 1. The summed E-state index contributed by atoms with van der Waals surface area (Å²) in [6.45, 7) is 1.84. The largest absolute Gasteiger partial charge is 0.479 e. The molecule has 0 heterocycles. The lowest BCUT2D eigenvalue weighted by atomic mass is 10.2. The van der Waals surface area contributed by atoms with E-state index < -0.39 is 34.3 Å². The highest BCUT2D eigenvalue weighted by molar-refractivity contribution is 7.85. The van der Waals surface area contributed by atoms with Crippen molar-refractivity contribution in [2.75, 3.05) is 0 Å². The Morgan fingerprint density at radius 1 is 0.952 bits per heavy atom. The van der Waals surface area contributed by atoms with Crippen LogP contribution in [0.3, 0.4) is 0 Å². The molecule has 118 valence electrons. The Hall–Kier alpha value is -2.01. The maximum atomic E-state index is 10.5. The molecule has 9 nitrogen and oxygen atoms in total. The van der Waals surface area contributed by atoms with Crippen LogP contribution in [0.2, 0.25) is 0 Å². The molecule has 0 fully saturated rings. The fraction of sp³-hybridized carbons (Fsp3) is 0.273. The van der Waals surface area contributed by atoms with Gasteiger partial charge >= 0.3 is 11.9 Å². The highest BCUT2D eigenvalue weighted by Crippen LogP contribution is 2.08. The summed E-state index contributed by atoms with van der Waals surface area (Å²) in [5, 5.41) is 32.5. The van der Waals surface area contributed by atoms with Gasteiger partial charge in [0.15, 0.2) is 12.2 Å². The second-order valence-corrected chi connectivity index (χ2v) is 5.28. The molecule has 1 aromatic rings. The zero-order chi connectivity index (χ0) is 16.8. The van der Waals surface area contributed by atoms with Crippen LogP contribution in [0.4, 0.5) is 0 Å². The first-order valence-corrected chi connectivity index (χ1v) is 6.76. The van der Waals surface area contributed by atoms with Crippen molar-refractivity contribution in [2.24, 2.45) is 0 Å². The Morgan fingerprint density at radius 2 is 1.29 bits per heavy atom. The number of hydrogen-bond acceptors (Lipinski definition) is 6. The Bertz CT molecular complexity index is 573.